The highest BCUT2D eigenvalue weighted by Crippen LogP contribution is 2.30. The second kappa shape index (κ2) is 5.91. The lowest BCUT2D eigenvalue weighted by molar-refractivity contribution is -0.140. The van der Waals surface area contributed by atoms with Gasteiger partial charge in [0.15, 0.2) is 0 Å². The molecule has 0 radical (unpaired) electrons. The molecule has 0 aromatic heterocycles. The predicted octanol–water partition coefficient (Wildman–Crippen LogP) is 1.01. The minimum Gasteiger partial charge on any atom is -0.279 e. The lowest BCUT2D eigenvalue weighted by Gasteiger charge is -2.27. The van der Waals surface area contributed by atoms with Crippen LogP contribution in [-0.4, -0.2) is 53.7 Å². The molecule has 17 heavy (non-hydrogen) atoms. The number of carbonyl (C=O) groups excluding carboxylic acids is 2. The Kier molecular flexibility index (Phi) is 5.07. The summed E-state index contributed by atoms with van der Waals surface area (Å²) in [5.41, 5.74) is 0. The van der Waals surface area contributed by atoms with Gasteiger partial charge in [0.25, 0.3) is 0 Å². The van der Waals surface area contributed by atoms with Crippen molar-refractivity contribution in [2.75, 3.05) is 14.1 Å². The Bertz CT molecular complexity index is 312. The molecule has 0 N–H and O–H groups in total. The monoisotopic (exact) mass is 256 g/mol. The molecule has 4 nitrogen and oxygen atoms in total. The fraction of sp³-hybridized carbons (Fsp3) is 0.818. The first kappa shape index (κ1) is 14.6. The fourth-order valence-corrected chi connectivity index (χ4v) is 2.91. The van der Waals surface area contributed by atoms with E-state index in [1.807, 2.05) is 25.3 Å². The highest BCUT2D eigenvalue weighted by molar-refractivity contribution is 7.98. The zero-order chi connectivity index (χ0) is 13.2. The number of hydrogen-bond donors (Lipinski definition) is 0. The van der Waals surface area contributed by atoms with Gasteiger partial charge in [-0.25, -0.2) is 0 Å². The van der Waals surface area contributed by atoms with E-state index in [0.29, 0.717) is 12.2 Å². The van der Waals surface area contributed by atoms with E-state index in [0.717, 1.165) is 7.28 Å². The zero-order valence-corrected chi connectivity index (χ0v) is 12.1. The van der Waals surface area contributed by atoms with Gasteiger partial charge in [0.1, 0.15) is 12.5 Å². The molecule has 0 aromatic carbocycles. The molecule has 0 aliphatic carbocycles. The van der Waals surface area contributed by atoms with Gasteiger partial charge in [0, 0.05) is 12.5 Å². The molecule has 2 amide bonds. The Morgan fingerprint density at radius 2 is 2.00 bits per heavy atom. The summed E-state index contributed by atoms with van der Waals surface area (Å²) in [6.45, 7) is 6.13. The molecule has 3 unspecified atom stereocenters. The maximum Gasteiger partial charge on any atom is 0.244 e. The van der Waals surface area contributed by atoms with E-state index in [1.165, 1.54) is 16.8 Å². The lowest BCUT2D eigenvalue weighted by atomic mass is 9.64. The van der Waals surface area contributed by atoms with Crippen LogP contribution in [0.25, 0.3) is 0 Å². The zero-order valence-electron chi connectivity index (χ0n) is 11.3. The van der Waals surface area contributed by atoms with Gasteiger partial charge >= 0.3 is 0 Å². The minimum absolute atomic E-state index is 0.00719. The number of hydrogen-bond acceptors (Lipinski definition) is 4. The Labute approximate surface area is 108 Å². The third-order valence-electron chi connectivity index (χ3n) is 3.35. The van der Waals surface area contributed by atoms with Gasteiger partial charge in [-0.3, -0.25) is 18.8 Å². The van der Waals surface area contributed by atoms with Crippen molar-refractivity contribution >= 4 is 31.0 Å². The highest BCUT2D eigenvalue weighted by atomic mass is 32.2. The summed E-state index contributed by atoms with van der Waals surface area (Å²) in [5, 5.41) is -0.232. The van der Waals surface area contributed by atoms with Gasteiger partial charge in [0.05, 0.1) is 0 Å². The maximum absolute atomic E-state index is 12.2. The summed E-state index contributed by atoms with van der Waals surface area (Å²) in [7, 11) is 4.76. The third-order valence-corrected chi connectivity index (χ3v) is 4.40. The first-order chi connectivity index (χ1) is 7.88. The van der Waals surface area contributed by atoms with Crippen molar-refractivity contribution < 1.29 is 9.59 Å². The van der Waals surface area contributed by atoms with Crippen LogP contribution in [0.3, 0.4) is 0 Å². The van der Waals surface area contributed by atoms with Crippen LogP contribution in [0.4, 0.5) is 0 Å². The average molecular weight is 256 g/mol. The summed E-state index contributed by atoms with van der Waals surface area (Å²) < 4.78 is 1.88. The number of carbonyl (C=O) groups is 2. The maximum atomic E-state index is 12.2. The quantitative estimate of drug-likeness (QED) is 0.418. The molecule has 3 atom stereocenters. The number of likely N-dealkylation sites (tertiary alicyclic amines) is 1. The van der Waals surface area contributed by atoms with Crippen molar-refractivity contribution in [3.63, 3.8) is 0 Å². The Morgan fingerprint density at radius 3 is 2.47 bits per heavy atom. The Morgan fingerprint density at radius 1 is 1.41 bits per heavy atom. The van der Waals surface area contributed by atoms with Crippen LogP contribution in [0.5, 0.6) is 0 Å². The molecule has 1 aliphatic heterocycles. The van der Waals surface area contributed by atoms with Crippen LogP contribution in [-0.2, 0) is 9.59 Å². The van der Waals surface area contributed by atoms with Gasteiger partial charge in [-0.15, -0.1) is 0 Å². The number of amides is 2. The second-order valence-corrected chi connectivity index (χ2v) is 6.35. The van der Waals surface area contributed by atoms with Crippen molar-refractivity contribution in [2.24, 2.45) is 0 Å². The van der Waals surface area contributed by atoms with Gasteiger partial charge in [-0.05, 0) is 26.8 Å². The molecule has 1 heterocycles. The van der Waals surface area contributed by atoms with Crippen molar-refractivity contribution in [3.8, 4) is 0 Å². The van der Waals surface area contributed by atoms with Crippen LogP contribution in [0.15, 0.2) is 0 Å². The largest absolute Gasteiger partial charge is 0.279 e. The molecule has 1 fully saturated rings. The molecular weight excluding hydrogens is 235 g/mol. The van der Waals surface area contributed by atoms with E-state index in [1.54, 1.807) is 0 Å². The number of nitrogens with zero attached hydrogens (tertiary/aromatic N) is 2. The predicted molar refractivity (Wildman–Crippen MR) is 73.4 cm³/mol. The molecule has 0 saturated carbocycles. The van der Waals surface area contributed by atoms with Crippen LogP contribution >= 0.6 is 11.9 Å². The Balaban J connectivity index is 2.75. The molecular formula is C11H21BN2O2S. The average Bonchev–Trinajstić information content (AvgIpc) is 2.51. The minimum atomic E-state index is -0.232. The highest BCUT2D eigenvalue weighted by Gasteiger charge is 2.42. The topological polar surface area (TPSA) is 40.6 Å². The molecule has 96 valence electrons. The van der Waals surface area contributed by atoms with E-state index < -0.39 is 0 Å². The van der Waals surface area contributed by atoms with Gasteiger partial charge < -0.3 is 0 Å². The van der Waals surface area contributed by atoms with Gasteiger partial charge in [-0.1, -0.05) is 25.7 Å². The van der Waals surface area contributed by atoms with Gasteiger partial charge in [-0.2, -0.15) is 0 Å². The molecule has 0 bridgehead atoms. The second-order valence-electron chi connectivity index (χ2n) is 4.84. The van der Waals surface area contributed by atoms with E-state index in [-0.39, 0.29) is 23.1 Å². The summed E-state index contributed by atoms with van der Waals surface area (Å²) in [6, 6.07) is 0.00719. The molecule has 1 saturated heterocycles. The molecule has 1 aliphatic rings. The normalized spacial score (nSPS) is 24.4. The first-order valence-corrected chi connectivity index (χ1v) is 6.92. The number of imide groups is 1. The SMILES string of the molecule is CBC(C)C(C)N1C(=O)CC(SN(C)C)C1=O. The van der Waals surface area contributed by atoms with Crippen LogP contribution in [0, 0.1) is 0 Å². The molecule has 0 spiro atoms. The first-order valence-electron chi connectivity index (χ1n) is 6.08. The van der Waals surface area contributed by atoms with E-state index in [9.17, 15) is 9.59 Å². The summed E-state index contributed by atoms with van der Waals surface area (Å²) in [4.78, 5) is 25.6. The van der Waals surface area contributed by atoms with Gasteiger partial charge in [0.2, 0.25) is 11.8 Å². The van der Waals surface area contributed by atoms with Crippen LogP contribution in [0.2, 0.25) is 12.6 Å². The van der Waals surface area contributed by atoms with Crippen molar-refractivity contribution in [2.45, 2.75) is 44.2 Å². The van der Waals surface area contributed by atoms with Crippen LogP contribution < -0.4 is 0 Å². The number of rotatable bonds is 5. The lowest BCUT2D eigenvalue weighted by Crippen LogP contribution is -2.42. The summed E-state index contributed by atoms with van der Waals surface area (Å²) in [6.07, 6.45) is 0.336. The summed E-state index contributed by atoms with van der Waals surface area (Å²) >= 11 is 1.44. The smallest absolute Gasteiger partial charge is 0.244 e. The fourth-order valence-electron chi connectivity index (χ4n) is 1.98. The van der Waals surface area contributed by atoms with E-state index in [4.69, 9.17) is 0 Å². The molecule has 0 aromatic rings. The standard InChI is InChI=1S/C11H21BN2O2S/c1-7(12-3)8(2)14-10(15)6-9(11(14)16)17-13(4)5/h7-9,12H,6H2,1-5H3. The summed E-state index contributed by atoms with van der Waals surface area (Å²) in [5.74, 6) is 0.301. The van der Waals surface area contributed by atoms with Crippen molar-refractivity contribution in [1.29, 1.82) is 0 Å². The van der Waals surface area contributed by atoms with Crippen LogP contribution in [0.1, 0.15) is 20.3 Å². The van der Waals surface area contributed by atoms with E-state index in [2.05, 4.69) is 13.7 Å². The molecule has 6 heteroatoms. The third kappa shape index (κ3) is 3.25. The van der Waals surface area contributed by atoms with Crippen molar-refractivity contribution in [1.82, 2.24) is 9.21 Å². The Hall–Kier alpha value is -0.485. The van der Waals surface area contributed by atoms with Crippen molar-refractivity contribution in [3.05, 3.63) is 0 Å². The molecule has 1 rings (SSSR count). The van der Waals surface area contributed by atoms with E-state index >= 15 is 0 Å².